The number of carbonyl (C=O) groups is 2. The summed E-state index contributed by atoms with van der Waals surface area (Å²) in [6.45, 7) is 7.72. The Bertz CT molecular complexity index is 1240. The summed E-state index contributed by atoms with van der Waals surface area (Å²) in [4.78, 5) is 25.5. The Morgan fingerprint density at radius 2 is 1.08 bits per heavy atom. The first kappa shape index (κ1) is 27.5. The van der Waals surface area contributed by atoms with E-state index in [1.807, 2.05) is 12.1 Å². The lowest BCUT2D eigenvalue weighted by atomic mass is 10.1. The standard InChI is InChI=1S/C31H30NO2P.BrH/c1-22-8-14-28(15-9-22)35(29-16-10-23(2)11-17-29,30-18-12-24(3)13-19-30)21-31(34)26-6-5-7-27(20-26)32-25(4)33;/h5-20H,21H2,1-4H3;1H. The molecule has 3 nitrogen and oxygen atoms in total. The second-order valence-corrected chi connectivity index (χ2v) is 12.6. The Kier molecular flexibility index (Phi) is 9.00. The highest BCUT2D eigenvalue weighted by Crippen LogP contribution is 2.55. The molecule has 0 aromatic heterocycles. The normalized spacial score (nSPS) is 10.9. The number of aryl methyl sites for hydroxylation is 3. The van der Waals surface area contributed by atoms with Gasteiger partial charge in [0.1, 0.15) is 29.3 Å². The van der Waals surface area contributed by atoms with Crippen LogP contribution in [0.25, 0.3) is 0 Å². The second-order valence-electron chi connectivity index (χ2n) is 9.16. The van der Waals surface area contributed by atoms with Gasteiger partial charge in [-0.05, 0) is 69.3 Å². The van der Waals surface area contributed by atoms with E-state index in [1.54, 1.807) is 12.1 Å². The predicted octanol–water partition coefficient (Wildman–Crippen LogP) is 2.75. The number of nitrogens with one attached hydrogen (secondary N) is 1. The van der Waals surface area contributed by atoms with Gasteiger partial charge >= 0.3 is 0 Å². The number of Topliss-reactive ketones (excluding diaryl/α,β-unsaturated/α-hetero) is 1. The summed E-state index contributed by atoms with van der Waals surface area (Å²) in [5.74, 6) is -0.0947. The average molecular weight is 560 g/mol. The molecule has 4 rings (SSSR count). The molecule has 1 amide bonds. The van der Waals surface area contributed by atoms with Crippen LogP contribution in [0.15, 0.2) is 97.1 Å². The van der Waals surface area contributed by atoms with E-state index in [0.29, 0.717) is 17.4 Å². The van der Waals surface area contributed by atoms with Gasteiger partial charge in [-0.3, -0.25) is 9.59 Å². The van der Waals surface area contributed by atoms with Crippen LogP contribution in [0.3, 0.4) is 0 Å². The van der Waals surface area contributed by atoms with Gasteiger partial charge in [-0.2, -0.15) is 0 Å². The molecule has 184 valence electrons. The van der Waals surface area contributed by atoms with Crippen molar-refractivity contribution in [3.8, 4) is 0 Å². The molecule has 0 heterocycles. The Balaban J connectivity index is 0.00000361. The van der Waals surface area contributed by atoms with Gasteiger partial charge in [0.25, 0.3) is 0 Å². The molecular formula is C31H31BrNO2P. The largest absolute Gasteiger partial charge is 1.00 e. The molecule has 0 unspecified atom stereocenters. The van der Waals surface area contributed by atoms with Crippen LogP contribution >= 0.6 is 7.26 Å². The van der Waals surface area contributed by atoms with E-state index >= 15 is 0 Å². The lowest BCUT2D eigenvalue weighted by Gasteiger charge is -2.27. The molecule has 36 heavy (non-hydrogen) atoms. The molecule has 0 fully saturated rings. The maximum atomic E-state index is 13.9. The third kappa shape index (κ3) is 6.00. The Morgan fingerprint density at radius 3 is 1.47 bits per heavy atom. The summed E-state index contributed by atoms with van der Waals surface area (Å²) in [5, 5.41) is 6.34. The van der Waals surface area contributed by atoms with Gasteiger partial charge in [0, 0.05) is 18.2 Å². The highest BCUT2D eigenvalue weighted by molar-refractivity contribution is 7.96. The van der Waals surface area contributed by atoms with E-state index in [4.69, 9.17) is 0 Å². The summed E-state index contributed by atoms with van der Waals surface area (Å²) >= 11 is 0. The molecule has 5 heteroatoms. The van der Waals surface area contributed by atoms with Crippen LogP contribution in [0.5, 0.6) is 0 Å². The fourth-order valence-electron chi connectivity index (χ4n) is 4.40. The monoisotopic (exact) mass is 559 g/mol. The molecule has 0 aliphatic rings. The van der Waals surface area contributed by atoms with Crippen LogP contribution in [0, 0.1) is 20.8 Å². The van der Waals surface area contributed by atoms with Gasteiger partial charge < -0.3 is 22.3 Å². The van der Waals surface area contributed by atoms with Crippen molar-refractivity contribution in [2.45, 2.75) is 27.7 Å². The number of halogens is 1. The van der Waals surface area contributed by atoms with Gasteiger partial charge in [-0.1, -0.05) is 65.2 Å². The van der Waals surface area contributed by atoms with Gasteiger partial charge in [0.2, 0.25) is 11.7 Å². The van der Waals surface area contributed by atoms with Crippen LogP contribution in [0.1, 0.15) is 34.0 Å². The Hall–Kier alpha value is -3.07. The van der Waals surface area contributed by atoms with E-state index in [-0.39, 0.29) is 28.7 Å². The molecule has 0 atom stereocenters. The third-order valence-corrected chi connectivity index (χ3v) is 10.6. The summed E-state index contributed by atoms with van der Waals surface area (Å²) in [5.41, 5.74) is 4.80. The molecule has 0 aliphatic carbocycles. The SMILES string of the molecule is CC(=O)Nc1cccc(C(=O)C[P+](c2ccc(C)cc2)(c2ccc(C)cc2)c2ccc(C)cc2)c1.[Br-]. The molecular weight excluding hydrogens is 529 g/mol. The fourth-order valence-corrected chi connectivity index (χ4v) is 8.43. The first-order chi connectivity index (χ1) is 16.8. The Morgan fingerprint density at radius 1 is 0.667 bits per heavy atom. The van der Waals surface area contributed by atoms with E-state index < -0.39 is 7.26 Å². The minimum Gasteiger partial charge on any atom is -1.00 e. The van der Waals surface area contributed by atoms with Gasteiger partial charge in [0.05, 0.1) is 0 Å². The van der Waals surface area contributed by atoms with E-state index in [0.717, 1.165) is 0 Å². The van der Waals surface area contributed by atoms with E-state index in [9.17, 15) is 9.59 Å². The minimum atomic E-state index is -2.31. The van der Waals surface area contributed by atoms with Crippen LogP contribution in [0.4, 0.5) is 5.69 Å². The summed E-state index contributed by atoms with van der Waals surface area (Å²) in [6, 6.07) is 33.1. The van der Waals surface area contributed by atoms with Crippen molar-refractivity contribution < 1.29 is 26.6 Å². The zero-order valence-corrected chi connectivity index (χ0v) is 23.6. The fraction of sp³-hybridized carbons (Fsp3) is 0.161. The number of ketones is 1. The number of hydrogen-bond donors (Lipinski definition) is 1. The zero-order chi connectivity index (χ0) is 25.0. The molecule has 4 aromatic rings. The van der Waals surface area contributed by atoms with Crippen molar-refractivity contribution in [2.75, 3.05) is 11.5 Å². The van der Waals surface area contributed by atoms with Crippen LogP contribution < -0.4 is 38.2 Å². The molecule has 0 saturated carbocycles. The average Bonchev–Trinajstić information content (AvgIpc) is 2.84. The highest BCUT2D eigenvalue weighted by atomic mass is 79.9. The number of carbonyl (C=O) groups excluding carboxylic acids is 2. The lowest BCUT2D eigenvalue weighted by Crippen LogP contribution is -3.00. The molecule has 0 saturated heterocycles. The second kappa shape index (κ2) is 11.8. The molecule has 0 radical (unpaired) electrons. The number of anilines is 1. The molecule has 0 spiro atoms. The summed E-state index contributed by atoms with van der Waals surface area (Å²) < 4.78 is 0. The predicted molar refractivity (Wildman–Crippen MR) is 149 cm³/mol. The first-order valence-corrected chi connectivity index (χ1v) is 13.8. The van der Waals surface area contributed by atoms with E-state index in [2.05, 4.69) is 98.9 Å². The van der Waals surface area contributed by atoms with Crippen molar-refractivity contribution >= 4 is 40.6 Å². The maximum absolute atomic E-state index is 13.9. The van der Waals surface area contributed by atoms with E-state index in [1.165, 1.54) is 39.5 Å². The lowest BCUT2D eigenvalue weighted by molar-refractivity contribution is -0.114. The van der Waals surface area contributed by atoms with Crippen molar-refractivity contribution in [3.05, 3.63) is 119 Å². The summed E-state index contributed by atoms with van der Waals surface area (Å²) in [7, 11) is -2.31. The zero-order valence-electron chi connectivity index (χ0n) is 21.1. The Labute approximate surface area is 225 Å². The highest BCUT2D eigenvalue weighted by Gasteiger charge is 2.47. The van der Waals surface area contributed by atoms with Gasteiger partial charge in [-0.25, -0.2) is 0 Å². The third-order valence-electron chi connectivity index (χ3n) is 6.31. The number of rotatable bonds is 7. The minimum absolute atomic E-state index is 0. The maximum Gasteiger partial charge on any atom is 0.221 e. The summed E-state index contributed by atoms with van der Waals surface area (Å²) in [6.07, 6.45) is 0.367. The van der Waals surface area contributed by atoms with Crippen LogP contribution in [0.2, 0.25) is 0 Å². The molecule has 0 aliphatic heterocycles. The van der Waals surface area contributed by atoms with Crippen LogP contribution in [-0.4, -0.2) is 17.9 Å². The van der Waals surface area contributed by atoms with Crippen molar-refractivity contribution in [1.82, 2.24) is 0 Å². The van der Waals surface area contributed by atoms with Crippen molar-refractivity contribution in [3.63, 3.8) is 0 Å². The molecule has 1 N–H and O–H groups in total. The van der Waals surface area contributed by atoms with Crippen molar-refractivity contribution in [1.29, 1.82) is 0 Å². The van der Waals surface area contributed by atoms with Crippen molar-refractivity contribution in [2.24, 2.45) is 0 Å². The number of amides is 1. The number of hydrogen-bond acceptors (Lipinski definition) is 2. The topological polar surface area (TPSA) is 46.2 Å². The van der Waals surface area contributed by atoms with Crippen LogP contribution in [-0.2, 0) is 4.79 Å². The van der Waals surface area contributed by atoms with Gasteiger partial charge in [-0.15, -0.1) is 0 Å². The quantitative estimate of drug-likeness (QED) is 0.279. The number of benzene rings is 4. The smallest absolute Gasteiger partial charge is 0.221 e. The molecule has 4 aromatic carbocycles. The molecule has 0 bridgehead atoms. The van der Waals surface area contributed by atoms with Gasteiger partial charge in [0.15, 0.2) is 0 Å². The first-order valence-electron chi connectivity index (χ1n) is 11.8.